The number of alkyl halides is 3. The summed E-state index contributed by atoms with van der Waals surface area (Å²) in [5, 5.41) is -0.776. The number of aromatic nitrogens is 2. The summed E-state index contributed by atoms with van der Waals surface area (Å²) in [6, 6.07) is 0.703. The molecule has 1 heterocycles. The number of nitrogens with zero attached hydrogens (tertiary/aromatic N) is 2. The molecular formula is C8H9F3N2O2S. The molecule has 0 atom stereocenters. The third-order valence-electron chi connectivity index (χ3n) is 1.78. The van der Waals surface area contributed by atoms with Crippen molar-refractivity contribution in [2.75, 3.05) is 5.75 Å². The Morgan fingerprint density at radius 1 is 1.31 bits per heavy atom. The van der Waals surface area contributed by atoms with Crippen LogP contribution < -0.4 is 0 Å². The molecule has 0 aliphatic rings. The van der Waals surface area contributed by atoms with E-state index in [2.05, 4.69) is 9.97 Å². The Labute approximate surface area is 90.5 Å². The molecular weight excluding hydrogens is 245 g/mol. The van der Waals surface area contributed by atoms with Crippen LogP contribution in [0.4, 0.5) is 13.2 Å². The Balaban J connectivity index is 3.41. The first-order chi connectivity index (χ1) is 7.16. The minimum Gasteiger partial charge on any atom is -0.224 e. The summed E-state index contributed by atoms with van der Waals surface area (Å²) >= 11 is 0. The number of hydrogen-bond donors (Lipinski definition) is 0. The molecule has 0 N–H and O–H groups in total. The monoisotopic (exact) mass is 254 g/mol. The summed E-state index contributed by atoms with van der Waals surface area (Å²) in [5.74, 6) is -0.340. The van der Waals surface area contributed by atoms with Gasteiger partial charge in [-0.25, -0.2) is 18.4 Å². The first-order valence-corrected chi connectivity index (χ1v) is 5.97. The Hall–Kier alpha value is -1.18. The van der Waals surface area contributed by atoms with E-state index in [9.17, 15) is 21.6 Å². The molecule has 4 nitrogen and oxygen atoms in total. The number of rotatable bonds is 2. The molecule has 0 spiro atoms. The van der Waals surface area contributed by atoms with Crippen LogP contribution in [-0.2, 0) is 16.0 Å². The normalized spacial score (nSPS) is 12.8. The zero-order valence-electron chi connectivity index (χ0n) is 8.54. The first-order valence-electron chi connectivity index (χ1n) is 4.32. The standard InChI is InChI=1S/C8H9F3N2O2S/c1-3-16(14,15)7-12-5(2)4-6(13-7)8(9,10)11/h4H,3H2,1-2H3. The highest BCUT2D eigenvalue weighted by atomic mass is 32.2. The molecule has 0 saturated heterocycles. The Bertz CT molecular complexity index is 496. The van der Waals surface area contributed by atoms with E-state index in [1.807, 2.05) is 0 Å². The summed E-state index contributed by atoms with van der Waals surface area (Å²) in [6.07, 6.45) is -4.67. The van der Waals surface area contributed by atoms with Crippen molar-refractivity contribution in [3.8, 4) is 0 Å². The number of hydrogen-bond acceptors (Lipinski definition) is 4. The van der Waals surface area contributed by atoms with Crippen molar-refractivity contribution in [2.24, 2.45) is 0 Å². The average molecular weight is 254 g/mol. The van der Waals surface area contributed by atoms with Crippen molar-refractivity contribution in [3.05, 3.63) is 17.5 Å². The van der Waals surface area contributed by atoms with Gasteiger partial charge in [0.1, 0.15) is 5.69 Å². The highest BCUT2D eigenvalue weighted by Crippen LogP contribution is 2.28. The molecule has 0 unspecified atom stereocenters. The molecule has 0 fully saturated rings. The van der Waals surface area contributed by atoms with E-state index >= 15 is 0 Å². The maximum Gasteiger partial charge on any atom is 0.433 e. The van der Waals surface area contributed by atoms with Gasteiger partial charge in [0.15, 0.2) is 0 Å². The van der Waals surface area contributed by atoms with Gasteiger partial charge in [0, 0.05) is 5.69 Å². The number of aryl methyl sites for hydroxylation is 1. The van der Waals surface area contributed by atoms with Crippen molar-refractivity contribution < 1.29 is 21.6 Å². The second-order valence-electron chi connectivity index (χ2n) is 3.08. The summed E-state index contributed by atoms with van der Waals surface area (Å²) in [7, 11) is -3.83. The first kappa shape index (κ1) is 12.9. The van der Waals surface area contributed by atoms with E-state index in [4.69, 9.17) is 0 Å². The molecule has 16 heavy (non-hydrogen) atoms. The second kappa shape index (κ2) is 4.00. The fraction of sp³-hybridized carbons (Fsp3) is 0.500. The molecule has 0 amide bonds. The molecule has 1 rings (SSSR count). The van der Waals surface area contributed by atoms with Gasteiger partial charge < -0.3 is 0 Å². The predicted octanol–water partition coefficient (Wildman–Crippen LogP) is 1.60. The maximum absolute atomic E-state index is 12.4. The smallest absolute Gasteiger partial charge is 0.224 e. The third-order valence-corrected chi connectivity index (χ3v) is 3.28. The van der Waals surface area contributed by atoms with Gasteiger partial charge in [-0.05, 0) is 13.0 Å². The van der Waals surface area contributed by atoms with Crippen molar-refractivity contribution in [1.29, 1.82) is 0 Å². The van der Waals surface area contributed by atoms with Gasteiger partial charge >= 0.3 is 6.18 Å². The van der Waals surface area contributed by atoms with Gasteiger partial charge in [0.2, 0.25) is 15.0 Å². The maximum atomic E-state index is 12.4. The minimum atomic E-state index is -4.67. The van der Waals surface area contributed by atoms with Crippen LogP contribution in [0, 0.1) is 6.92 Å². The lowest BCUT2D eigenvalue weighted by atomic mass is 10.3. The van der Waals surface area contributed by atoms with Gasteiger partial charge in [0.05, 0.1) is 5.75 Å². The second-order valence-corrected chi connectivity index (χ2v) is 5.25. The summed E-state index contributed by atoms with van der Waals surface area (Å²) in [6.45, 7) is 2.60. The molecule has 0 saturated carbocycles. The topological polar surface area (TPSA) is 59.9 Å². The van der Waals surface area contributed by atoms with Crippen LogP contribution in [0.15, 0.2) is 11.2 Å². The van der Waals surface area contributed by atoms with Crippen molar-refractivity contribution in [3.63, 3.8) is 0 Å². The van der Waals surface area contributed by atoms with Gasteiger partial charge in [-0.2, -0.15) is 13.2 Å². The molecule has 8 heteroatoms. The van der Waals surface area contributed by atoms with Crippen LogP contribution >= 0.6 is 0 Å². The van der Waals surface area contributed by atoms with E-state index in [1.165, 1.54) is 13.8 Å². The Morgan fingerprint density at radius 3 is 2.31 bits per heavy atom. The molecule has 0 radical (unpaired) electrons. The van der Waals surface area contributed by atoms with Crippen LogP contribution in [0.5, 0.6) is 0 Å². The van der Waals surface area contributed by atoms with Gasteiger partial charge in [-0.1, -0.05) is 6.92 Å². The van der Waals surface area contributed by atoms with E-state index in [1.54, 1.807) is 0 Å². The van der Waals surface area contributed by atoms with E-state index in [-0.39, 0.29) is 11.4 Å². The quantitative estimate of drug-likeness (QED) is 0.752. The predicted molar refractivity (Wildman–Crippen MR) is 49.5 cm³/mol. The highest BCUT2D eigenvalue weighted by molar-refractivity contribution is 7.91. The van der Waals surface area contributed by atoms with E-state index in [0.29, 0.717) is 6.07 Å². The number of halogens is 3. The molecule has 0 aliphatic heterocycles. The average Bonchev–Trinajstić information content (AvgIpc) is 2.15. The third kappa shape index (κ3) is 2.69. The fourth-order valence-electron chi connectivity index (χ4n) is 0.955. The Kier molecular flexibility index (Phi) is 3.22. The van der Waals surface area contributed by atoms with Crippen LogP contribution in [0.25, 0.3) is 0 Å². The number of sulfone groups is 1. The van der Waals surface area contributed by atoms with Crippen LogP contribution in [0.1, 0.15) is 18.3 Å². The molecule has 1 aromatic heterocycles. The molecule has 0 bridgehead atoms. The lowest BCUT2D eigenvalue weighted by molar-refractivity contribution is -0.141. The SMILES string of the molecule is CCS(=O)(=O)c1nc(C)cc(C(F)(F)F)n1. The van der Waals surface area contributed by atoms with Crippen LogP contribution in [-0.4, -0.2) is 24.1 Å². The largest absolute Gasteiger partial charge is 0.433 e. The lowest BCUT2D eigenvalue weighted by Gasteiger charge is -2.08. The zero-order chi connectivity index (χ0) is 12.6. The summed E-state index contributed by atoms with van der Waals surface area (Å²) < 4.78 is 59.7. The molecule has 1 aromatic rings. The highest BCUT2D eigenvalue weighted by Gasteiger charge is 2.34. The summed E-state index contributed by atoms with van der Waals surface area (Å²) in [5.41, 5.74) is -1.28. The Morgan fingerprint density at radius 2 is 1.88 bits per heavy atom. The van der Waals surface area contributed by atoms with Crippen molar-refractivity contribution >= 4 is 9.84 Å². The van der Waals surface area contributed by atoms with Gasteiger partial charge in [0.25, 0.3) is 0 Å². The fourth-order valence-corrected chi connectivity index (χ4v) is 1.73. The van der Waals surface area contributed by atoms with Gasteiger partial charge in [-0.15, -0.1) is 0 Å². The van der Waals surface area contributed by atoms with E-state index in [0.717, 1.165) is 0 Å². The molecule has 0 aromatic carbocycles. The minimum absolute atomic E-state index is 0.0330. The lowest BCUT2D eigenvalue weighted by Crippen LogP contribution is -2.15. The van der Waals surface area contributed by atoms with Crippen molar-refractivity contribution in [1.82, 2.24) is 9.97 Å². The zero-order valence-corrected chi connectivity index (χ0v) is 9.35. The molecule has 90 valence electrons. The van der Waals surface area contributed by atoms with Crippen LogP contribution in [0.2, 0.25) is 0 Å². The van der Waals surface area contributed by atoms with Crippen molar-refractivity contribution in [2.45, 2.75) is 25.2 Å². The summed E-state index contributed by atoms with van der Waals surface area (Å²) in [4.78, 5) is 6.51. The molecule has 0 aliphatic carbocycles. The van der Waals surface area contributed by atoms with Gasteiger partial charge in [-0.3, -0.25) is 0 Å². The van der Waals surface area contributed by atoms with Crippen LogP contribution in [0.3, 0.4) is 0 Å². The van der Waals surface area contributed by atoms with E-state index < -0.39 is 26.9 Å².